The zero-order chi connectivity index (χ0) is 14.8. The maximum absolute atomic E-state index is 12.3. The molecular formula is C15H18N4OS. The van der Waals surface area contributed by atoms with Crippen LogP contribution >= 0.6 is 11.3 Å². The van der Waals surface area contributed by atoms with Gasteiger partial charge in [-0.3, -0.25) is 9.69 Å². The van der Waals surface area contributed by atoms with Gasteiger partial charge in [-0.2, -0.15) is 0 Å². The number of benzene rings is 1. The topological polar surface area (TPSA) is 71.2 Å². The Balaban J connectivity index is 1.77. The molecule has 3 N–H and O–H groups in total. The number of hydrogen-bond acceptors (Lipinski definition) is 5. The third-order valence-corrected chi connectivity index (χ3v) is 4.59. The van der Waals surface area contributed by atoms with Crippen LogP contribution in [0.5, 0.6) is 0 Å². The molecular weight excluding hydrogens is 284 g/mol. The maximum Gasteiger partial charge on any atom is 0.245 e. The smallest absolute Gasteiger partial charge is 0.245 e. The first-order chi connectivity index (χ1) is 10.1. The van der Waals surface area contributed by atoms with Crippen molar-refractivity contribution in [1.82, 2.24) is 10.3 Å². The van der Waals surface area contributed by atoms with E-state index in [9.17, 15) is 4.79 Å². The Kier molecular flexibility index (Phi) is 3.90. The van der Waals surface area contributed by atoms with Crippen molar-refractivity contribution >= 4 is 28.1 Å². The molecule has 5 nitrogen and oxygen atoms in total. The van der Waals surface area contributed by atoms with Crippen LogP contribution in [0.25, 0.3) is 11.3 Å². The van der Waals surface area contributed by atoms with Crippen LogP contribution in [0.15, 0.2) is 29.6 Å². The van der Waals surface area contributed by atoms with Crippen molar-refractivity contribution in [2.75, 3.05) is 24.2 Å². The molecule has 1 aromatic heterocycles. The first-order valence-corrected chi connectivity index (χ1v) is 7.85. The lowest BCUT2D eigenvalue weighted by atomic mass is 10.1. The second-order valence-electron chi connectivity index (χ2n) is 5.18. The number of nitrogens with one attached hydrogen (secondary N) is 1. The molecule has 1 fully saturated rings. The van der Waals surface area contributed by atoms with Gasteiger partial charge in [-0.1, -0.05) is 12.1 Å². The van der Waals surface area contributed by atoms with Crippen molar-refractivity contribution in [2.45, 2.75) is 18.9 Å². The number of aromatic nitrogens is 1. The fourth-order valence-corrected chi connectivity index (χ4v) is 3.23. The summed E-state index contributed by atoms with van der Waals surface area (Å²) in [5.74, 6) is 0.0886. The van der Waals surface area contributed by atoms with Gasteiger partial charge in [0.05, 0.1) is 11.7 Å². The number of nitrogen functional groups attached to an aromatic ring is 1. The van der Waals surface area contributed by atoms with E-state index in [-0.39, 0.29) is 11.9 Å². The number of nitrogens with zero attached hydrogens (tertiary/aromatic N) is 2. The standard InChI is InChI=1S/C15H18N4OS/c1-19(14(20)12-3-2-8-17-12)15-18-13(9-21-15)10-4-6-11(16)7-5-10/h4-7,9,12,17H,2-3,8,16H2,1H3/t12-/m0/s1. The number of amides is 1. The lowest BCUT2D eigenvalue weighted by molar-refractivity contribution is -0.119. The largest absolute Gasteiger partial charge is 0.399 e. The molecule has 1 aliphatic heterocycles. The number of anilines is 2. The summed E-state index contributed by atoms with van der Waals surface area (Å²) >= 11 is 1.48. The van der Waals surface area contributed by atoms with Gasteiger partial charge < -0.3 is 11.1 Å². The molecule has 0 spiro atoms. The summed E-state index contributed by atoms with van der Waals surface area (Å²) in [4.78, 5) is 18.6. The summed E-state index contributed by atoms with van der Waals surface area (Å²) in [5.41, 5.74) is 8.30. The first kappa shape index (κ1) is 14.0. The van der Waals surface area contributed by atoms with Crippen molar-refractivity contribution in [3.63, 3.8) is 0 Å². The second-order valence-corrected chi connectivity index (χ2v) is 6.02. The number of nitrogens with two attached hydrogens (primary N) is 1. The zero-order valence-corrected chi connectivity index (χ0v) is 12.7. The normalized spacial score (nSPS) is 17.9. The molecule has 21 heavy (non-hydrogen) atoms. The Bertz CT molecular complexity index is 631. The highest BCUT2D eigenvalue weighted by atomic mass is 32.1. The van der Waals surface area contributed by atoms with Crippen molar-refractivity contribution < 1.29 is 4.79 Å². The quantitative estimate of drug-likeness (QED) is 0.852. The molecule has 1 aromatic carbocycles. The van der Waals surface area contributed by atoms with E-state index in [0.29, 0.717) is 0 Å². The Morgan fingerprint density at radius 1 is 1.43 bits per heavy atom. The molecule has 1 amide bonds. The van der Waals surface area contributed by atoms with Gasteiger partial charge in [0, 0.05) is 23.7 Å². The highest BCUT2D eigenvalue weighted by molar-refractivity contribution is 7.14. The van der Waals surface area contributed by atoms with Crippen LogP contribution in [0, 0.1) is 0 Å². The van der Waals surface area contributed by atoms with Gasteiger partial charge in [-0.25, -0.2) is 4.98 Å². The van der Waals surface area contributed by atoms with Gasteiger partial charge in [0.2, 0.25) is 5.91 Å². The minimum Gasteiger partial charge on any atom is -0.399 e. The molecule has 2 heterocycles. The molecule has 0 aliphatic carbocycles. The Labute approximate surface area is 127 Å². The number of thiazole rings is 1. The Hall–Kier alpha value is -1.92. The molecule has 0 bridgehead atoms. The fraction of sp³-hybridized carbons (Fsp3) is 0.333. The minimum absolute atomic E-state index is 0.0705. The summed E-state index contributed by atoms with van der Waals surface area (Å²) in [6.45, 7) is 0.915. The van der Waals surface area contributed by atoms with E-state index < -0.39 is 0 Å². The van der Waals surface area contributed by atoms with Gasteiger partial charge >= 0.3 is 0 Å². The molecule has 2 aromatic rings. The molecule has 110 valence electrons. The van der Waals surface area contributed by atoms with Crippen molar-refractivity contribution in [2.24, 2.45) is 0 Å². The number of likely N-dealkylation sites (N-methyl/N-ethyl adjacent to an activating group) is 1. The zero-order valence-electron chi connectivity index (χ0n) is 11.9. The van der Waals surface area contributed by atoms with E-state index in [1.54, 1.807) is 11.9 Å². The molecule has 0 radical (unpaired) electrons. The van der Waals surface area contributed by atoms with Crippen molar-refractivity contribution in [3.05, 3.63) is 29.6 Å². The van der Waals surface area contributed by atoms with Crippen molar-refractivity contribution in [1.29, 1.82) is 0 Å². The number of carbonyl (C=O) groups excluding carboxylic acids is 1. The summed E-state index contributed by atoms with van der Waals surface area (Å²) in [6, 6.07) is 7.51. The molecule has 1 aliphatic rings. The summed E-state index contributed by atoms with van der Waals surface area (Å²) in [7, 11) is 1.79. The van der Waals surface area contributed by atoms with Crippen LogP contribution in [-0.4, -0.2) is 30.5 Å². The highest BCUT2D eigenvalue weighted by Crippen LogP contribution is 2.28. The van der Waals surface area contributed by atoms with E-state index >= 15 is 0 Å². The van der Waals surface area contributed by atoms with Gasteiger partial charge in [0.1, 0.15) is 0 Å². The van der Waals surface area contributed by atoms with Gasteiger partial charge in [-0.15, -0.1) is 11.3 Å². The average molecular weight is 302 g/mol. The number of hydrogen-bond donors (Lipinski definition) is 2. The average Bonchev–Trinajstić information content (AvgIpc) is 3.18. The van der Waals surface area contributed by atoms with Crippen LogP contribution in [0.3, 0.4) is 0 Å². The first-order valence-electron chi connectivity index (χ1n) is 6.97. The summed E-state index contributed by atoms with van der Waals surface area (Å²) in [6.07, 6.45) is 1.96. The van der Waals surface area contributed by atoms with E-state index in [2.05, 4.69) is 10.3 Å². The van der Waals surface area contributed by atoms with E-state index in [4.69, 9.17) is 5.73 Å². The summed E-state index contributed by atoms with van der Waals surface area (Å²) < 4.78 is 0. The molecule has 6 heteroatoms. The van der Waals surface area contributed by atoms with E-state index in [1.807, 2.05) is 29.6 Å². The van der Waals surface area contributed by atoms with Crippen molar-refractivity contribution in [3.8, 4) is 11.3 Å². The predicted octanol–water partition coefficient (Wildman–Crippen LogP) is 2.11. The van der Waals surface area contributed by atoms with Gasteiger partial charge in [0.25, 0.3) is 0 Å². The number of carbonyl (C=O) groups is 1. The molecule has 3 rings (SSSR count). The lowest BCUT2D eigenvalue weighted by Gasteiger charge is -2.18. The molecule has 1 atom stereocenters. The third-order valence-electron chi connectivity index (χ3n) is 3.67. The molecule has 0 unspecified atom stereocenters. The lowest BCUT2D eigenvalue weighted by Crippen LogP contribution is -2.41. The van der Waals surface area contributed by atoms with Gasteiger partial charge in [-0.05, 0) is 31.5 Å². The fourth-order valence-electron chi connectivity index (χ4n) is 2.43. The molecule has 0 saturated carbocycles. The minimum atomic E-state index is -0.0705. The molecule has 1 saturated heterocycles. The number of rotatable bonds is 3. The Morgan fingerprint density at radius 3 is 2.86 bits per heavy atom. The monoisotopic (exact) mass is 302 g/mol. The van der Waals surface area contributed by atoms with E-state index in [1.165, 1.54) is 11.3 Å². The van der Waals surface area contributed by atoms with Crippen LogP contribution < -0.4 is 16.0 Å². The van der Waals surface area contributed by atoms with Gasteiger partial charge in [0.15, 0.2) is 5.13 Å². The second kappa shape index (κ2) is 5.83. The van der Waals surface area contributed by atoms with E-state index in [0.717, 1.165) is 41.5 Å². The summed E-state index contributed by atoms with van der Waals surface area (Å²) in [5, 5.41) is 5.91. The predicted molar refractivity (Wildman–Crippen MR) is 86.4 cm³/mol. The van der Waals surface area contributed by atoms with Crippen LogP contribution in [0.1, 0.15) is 12.8 Å². The third kappa shape index (κ3) is 2.91. The highest BCUT2D eigenvalue weighted by Gasteiger charge is 2.26. The maximum atomic E-state index is 12.3. The Morgan fingerprint density at radius 2 is 2.19 bits per heavy atom. The van der Waals surface area contributed by atoms with Crippen LogP contribution in [0.2, 0.25) is 0 Å². The van der Waals surface area contributed by atoms with Crippen LogP contribution in [0.4, 0.5) is 10.8 Å². The van der Waals surface area contributed by atoms with Crippen LogP contribution in [-0.2, 0) is 4.79 Å². The SMILES string of the molecule is CN(C(=O)[C@@H]1CCCN1)c1nc(-c2ccc(N)cc2)cs1.